The third-order valence-corrected chi connectivity index (χ3v) is 4.41. The molecule has 0 amide bonds. The Morgan fingerprint density at radius 2 is 1.48 bits per heavy atom. The molecule has 1 aliphatic rings. The lowest BCUT2D eigenvalue weighted by Gasteiger charge is -2.20. The number of hydrogen-bond acceptors (Lipinski definition) is 1. The lowest BCUT2D eigenvalue weighted by Crippen LogP contribution is -2.26. The van der Waals surface area contributed by atoms with E-state index in [2.05, 4.69) is 66.4 Å². The molecule has 0 saturated carbocycles. The first-order chi connectivity index (χ1) is 10.3. The predicted octanol–water partition coefficient (Wildman–Crippen LogP) is 4.63. The zero-order chi connectivity index (χ0) is 14.5. The van der Waals surface area contributed by atoms with Crippen LogP contribution in [0.2, 0.25) is 0 Å². The van der Waals surface area contributed by atoms with Crippen LogP contribution in [0.5, 0.6) is 0 Å². The monoisotopic (exact) mass is 279 g/mol. The summed E-state index contributed by atoms with van der Waals surface area (Å²) in [5.74, 6) is 0.741. The quantitative estimate of drug-likeness (QED) is 0.771. The molecule has 0 aromatic heterocycles. The Balaban J connectivity index is 1.59. The number of benzene rings is 2. The van der Waals surface area contributed by atoms with Gasteiger partial charge in [0.05, 0.1) is 0 Å². The van der Waals surface area contributed by atoms with Gasteiger partial charge in [-0.25, -0.2) is 0 Å². The third-order valence-electron chi connectivity index (χ3n) is 4.41. The van der Waals surface area contributed by atoms with E-state index in [9.17, 15) is 0 Å². The van der Waals surface area contributed by atoms with E-state index in [1.807, 2.05) is 0 Å². The SMILES string of the molecule is CC(Cc1ccc(-c2ccccc2)cc1)CN1CCCC1. The summed E-state index contributed by atoms with van der Waals surface area (Å²) in [6, 6.07) is 19.7. The summed E-state index contributed by atoms with van der Waals surface area (Å²) in [5, 5.41) is 0. The van der Waals surface area contributed by atoms with Gasteiger partial charge in [-0.15, -0.1) is 0 Å². The summed E-state index contributed by atoms with van der Waals surface area (Å²) in [4.78, 5) is 2.61. The van der Waals surface area contributed by atoms with Gasteiger partial charge in [0.25, 0.3) is 0 Å². The summed E-state index contributed by atoms with van der Waals surface area (Å²) in [7, 11) is 0. The van der Waals surface area contributed by atoms with Crippen molar-refractivity contribution in [2.75, 3.05) is 19.6 Å². The van der Waals surface area contributed by atoms with E-state index in [1.165, 1.54) is 55.6 Å². The lowest BCUT2D eigenvalue weighted by atomic mass is 9.98. The van der Waals surface area contributed by atoms with Crippen LogP contribution in [0.25, 0.3) is 11.1 Å². The van der Waals surface area contributed by atoms with Gasteiger partial charge in [-0.2, -0.15) is 0 Å². The second kappa shape index (κ2) is 6.91. The van der Waals surface area contributed by atoms with Crippen LogP contribution in [0.1, 0.15) is 25.3 Å². The average Bonchev–Trinajstić information content (AvgIpc) is 3.02. The molecular weight excluding hydrogens is 254 g/mol. The molecule has 0 radical (unpaired) electrons. The van der Waals surface area contributed by atoms with Crippen molar-refractivity contribution in [1.29, 1.82) is 0 Å². The van der Waals surface area contributed by atoms with E-state index < -0.39 is 0 Å². The summed E-state index contributed by atoms with van der Waals surface area (Å²) in [6.07, 6.45) is 3.96. The molecule has 1 saturated heterocycles. The number of likely N-dealkylation sites (tertiary alicyclic amines) is 1. The number of rotatable bonds is 5. The average molecular weight is 279 g/mol. The molecule has 0 aliphatic carbocycles. The predicted molar refractivity (Wildman–Crippen MR) is 90.4 cm³/mol. The minimum atomic E-state index is 0.741. The van der Waals surface area contributed by atoms with E-state index in [-0.39, 0.29) is 0 Å². The number of nitrogens with zero attached hydrogens (tertiary/aromatic N) is 1. The Morgan fingerprint density at radius 1 is 0.857 bits per heavy atom. The molecule has 0 bridgehead atoms. The topological polar surface area (TPSA) is 3.24 Å². The largest absolute Gasteiger partial charge is 0.303 e. The van der Waals surface area contributed by atoms with Crippen molar-refractivity contribution >= 4 is 0 Å². The van der Waals surface area contributed by atoms with Gasteiger partial charge in [0.15, 0.2) is 0 Å². The van der Waals surface area contributed by atoms with E-state index >= 15 is 0 Å². The minimum Gasteiger partial charge on any atom is -0.303 e. The molecule has 0 N–H and O–H groups in total. The van der Waals surface area contributed by atoms with Crippen LogP contribution in [-0.4, -0.2) is 24.5 Å². The fourth-order valence-electron chi connectivity index (χ4n) is 3.34. The van der Waals surface area contributed by atoms with E-state index in [0.717, 1.165) is 5.92 Å². The Hall–Kier alpha value is -1.60. The second-order valence-corrected chi connectivity index (χ2v) is 6.38. The van der Waals surface area contributed by atoms with Gasteiger partial charge in [0, 0.05) is 6.54 Å². The molecule has 1 unspecified atom stereocenters. The second-order valence-electron chi connectivity index (χ2n) is 6.38. The zero-order valence-corrected chi connectivity index (χ0v) is 13.0. The molecule has 1 atom stereocenters. The molecule has 110 valence electrons. The summed E-state index contributed by atoms with van der Waals surface area (Å²) >= 11 is 0. The fraction of sp³-hybridized carbons (Fsp3) is 0.400. The van der Waals surface area contributed by atoms with E-state index in [4.69, 9.17) is 0 Å². The van der Waals surface area contributed by atoms with E-state index in [1.54, 1.807) is 0 Å². The van der Waals surface area contributed by atoms with Crippen molar-refractivity contribution in [3.63, 3.8) is 0 Å². The zero-order valence-electron chi connectivity index (χ0n) is 13.0. The first-order valence-electron chi connectivity index (χ1n) is 8.18. The molecule has 3 rings (SSSR count). The molecule has 1 heterocycles. The molecule has 1 heteroatoms. The van der Waals surface area contributed by atoms with Gasteiger partial charge in [0.1, 0.15) is 0 Å². The molecule has 2 aromatic carbocycles. The Labute approximate surface area is 128 Å². The van der Waals surface area contributed by atoms with Gasteiger partial charge < -0.3 is 4.90 Å². The normalized spacial score (nSPS) is 17.0. The Morgan fingerprint density at radius 3 is 2.14 bits per heavy atom. The van der Waals surface area contributed by atoms with Crippen molar-refractivity contribution in [3.8, 4) is 11.1 Å². The smallest absolute Gasteiger partial charge is 0.00102 e. The molecular formula is C20H25N. The molecule has 1 fully saturated rings. The summed E-state index contributed by atoms with van der Waals surface area (Å²) in [5.41, 5.74) is 4.07. The highest BCUT2D eigenvalue weighted by Crippen LogP contribution is 2.21. The maximum Gasteiger partial charge on any atom is 0.00102 e. The maximum absolute atomic E-state index is 2.61. The van der Waals surface area contributed by atoms with Crippen LogP contribution >= 0.6 is 0 Å². The molecule has 0 spiro atoms. The Kier molecular flexibility index (Phi) is 4.72. The molecule has 2 aromatic rings. The fourth-order valence-corrected chi connectivity index (χ4v) is 3.34. The van der Waals surface area contributed by atoms with Crippen molar-refractivity contribution in [3.05, 3.63) is 60.2 Å². The maximum atomic E-state index is 2.61. The van der Waals surface area contributed by atoms with Crippen LogP contribution in [0.3, 0.4) is 0 Å². The van der Waals surface area contributed by atoms with Crippen LogP contribution in [0, 0.1) is 5.92 Å². The first kappa shape index (κ1) is 14.3. The van der Waals surface area contributed by atoms with Crippen molar-refractivity contribution in [1.82, 2.24) is 4.90 Å². The lowest BCUT2D eigenvalue weighted by molar-refractivity contribution is 0.287. The molecule has 1 nitrogen and oxygen atoms in total. The highest BCUT2D eigenvalue weighted by atomic mass is 15.1. The molecule has 1 aliphatic heterocycles. The van der Waals surface area contributed by atoms with E-state index in [0.29, 0.717) is 0 Å². The minimum absolute atomic E-state index is 0.741. The Bertz CT molecular complexity index is 538. The standard InChI is InChI=1S/C20H25N/c1-17(16-21-13-5-6-14-21)15-18-9-11-20(12-10-18)19-7-3-2-4-8-19/h2-4,7-12,17H,5-6,13-16H2,1H3. The summed E-state index contributed by atoms with van der Waals surface area (Å²) < 4.78 is 0. The van der Waals surface area contributed by atoms with Crippen molar-refractivity contribution < 1.29 is 0 Å². The van der Waals surface area contributed by atoms with Gasteiger partial charge in [-0.3, -0.25) is 0 Å². The van der Waals surface area contributed by atoms with Crippen molar-refractivity contribution in [2.24, 2.45) is 5.92 Å². The van der Waals surface area contributed by atoms with Gasteiger partial charge in [-0.1, -0.05) is 61.5 Å². The van der Waals surface area contributed by atoms with Gasteiger partial charge in [-0.05, 0) is 55.0 Å². The van der Waals surface area contributed by atoms with Crippen LogP contribution in [0.15, 0.2) is 54.6 Å². The van der Waals surface area contributed by atoms with Crippen LogP contribution < -0.4 is 0 Å². The third kappa shape index (κ3) is 3.95. The first-order valence-corrected chi connectivity index (χ1v) is 8.18. The molecule has 21 heavy (non-hydrogen) atoms. The summed E-state index contributed by atoms with van der Waals surface area (Å²) in [6.45, 7) is 6.23. The highest BCUT2D eigenvalue weighted by Gasteiger charge is 2.14. The van der Waals surface area contributed by atoms with Crippen LogP contribution in [-0.2, 0) is 6.42 Å². The van der Waals surface area contributed by atoms with Gasteiger partial charge >= 0.3 is 0 Å². The van der Waals surface area contributed by atoms with Gasteiger partial charge in [0.2, 0.25) is 0 Å². The van der Waals surface area contributed by atoms with Crippen LogP contribution in [0.4, 0.5) is 0 Å². The number of hydrogen-bond donors (Lipinski definition) is 0. The highest BCUT2D eigenvalue weighted by molar-refractivity contribution is 5.63. The van der Waals surface area contributed by atoms with Crippen molar-refractivity contribution in [2.45, 2.75) is 26.2 Å².